The molecule has 0 saturated heterocycles. The number of anilines is 1. The smallest absolute Gasteiger partial charge is 0.413 e. The van der Waals surface area contributed by atoms with E-state index in [-0.39, 0.29) is 0 Å². The van der Waals surface area contributed by atoms with Gasteiger partial charge in [-0.2, -0.15) is 5.10 Å². The molecule has 84 valence electrons. The molecular weight excluding hydrogens is 309 g/mol. The predicted molar refractivity (Wildman–Crippen MR) is 65.8 cm³/mol. The number of ether oxygens (including phenoxy) is 1. The molecule has 1 aromatic rings. The number of rotatable bonds is 1. The van der Waals surface area contributed by atoms with Gasteiger partial charge < -0.3 is 4.74 Å². The van der Waals surface area contributed by atoms with Crippen LogP contribution in [-0.4, -0.2) is 21.5 Å². The standard InChI is InChI=1S/C9H14IN3O2/c1-9(2,3)15-8(14)11-7-6(10)5-13(4)12-7/h5H,1-4H3,(H,11,12,14). The fourth-order valence-corrected chi connectivity index (χ4v) is 1.59. The normalized spacial score (nSPS) is 11.3. The van der Waals surface area contributed by atoms with Crippen LogP contribution in [-0.2, 0) is 11.8 Å². The number of aromatic nitrogens is 2. The summed E-state index contributed by atoms with van der Waals surface area (Å²) < 4.78 is 7.61. The average Bonchev–Trinajstić information content (AvgIpc) is 2.25. The largest absolute Gasteiger partial charge is 0.444 e. The molecule has 0 unspecified atom stereocenters. The molecule has 0 radical (unpaired) electrons. The molecule has 0 aliphatic heterocycles. The Morgan fingerprint density at radius 1 is 1.60 bits per heavy atom. The van der Waals surface area contributed by atoms with E-state index in [9.17, 15) is 4.79 Å². The topological polar surface area (TPSA) is 56.2 Å². The first-order valence-electron chi connectivity index (χ1n) is 4.47. The fraction of sp³-hybridized carbons (Fsp3) is 0.556. The highest BCUT2D eigenvalue weighted by atomic mass is 127. The van der Waals surface area contributed by atoms with Gasteiger partial charge in [-0.05, 0) is 43.4 Å². The van der Waals surface area contributed by atoms with E-state index in [0.717, 1.165) is 3.57 Å². The van der Waals surface area contributed by atoms with Crippen molar-refractivity contribution in [1.82, 2.24) is 9.78 Å². The second-order valence-electron chi connectivity index (χ2n) is 4.13. The van der Waals surface area contributed by atoms with Crippen molar-refractivity contribution in [1.29, 1.82) is 0 Å². The molecule has 0 atom stereocenters. The van der Waals surface area contributed by atoms with E-state index in [1.54, 1.807) is 11.7 Å². The molecule has 6 heteroatoms. The van der Waals surface area contributed by atoms with Gasteiger partial charge in [-0.15, -0.1) is 0 Å². The van der Waals surface area contributed by atoms with E-state index in [1.165, 1.54) is 0 Å². The summed E-state index contributed by atoms with van der Waals surface area (Å²) in [5, 5.41) is 6.66. The van der Waals surface area contributed by atoms with Crippen molar-refractivity contribution in [3.8, 4) is 0 Å². The van der Waals surface area contributed by atoms with E-state index in [1.807, 2.05) is 27.0 Å². The van der Waals surface area contributed by atoms with Gasteiger partial charge in [-0.25, -0.2) is 4.79 Å². The summed E-state index contributed by atoms with van der Waals surface area (Å²) in [4.78, 5) is 11.4. The Hall–Kier alpha value is -0.790. The monoisotopic (exact) mass is 323 g/mol. The van der Waals surface area contributed by atoms with Gasteiger partial charge in [0.1, 0.15) is 5.60 Å². The molecule has 0 fully saturated rings. The van der Waals surface area contributed by atoms with Crippen LogP contribution in [0.25, 0.3) is 0 Å². The highest BCUT2D eigenvalue weighted by molar-refractivity contribution is 14.1. The first kappa shape index (κ1) is 12.3. The molecule has 1 N–H and O–H groups in total. The second-order valence-corrected chi connectivity index (χ2v) is 5.29. The van der Waals surface area contributed by atoms with Gasteiger partial charge in [0.2, 0.25) is 0 Å². The first-order valence-corrected chi connectivity index (χ1v) is 5.55. The van der Waals surface area contributed by atoms with Crippen molar-refractivity contribution in [2.45, 2.75) is 26.4 Å². The summed E-state index contributed by atoms with van der Waals surface area (Å²) in [5.41, 5.74) is -0.496. The van der Waals surface area contributed by atoms with Crippen molar-refractivity contribution in [3.63, 3.8) is 0 Å². The average molecular weight is 323 g/mol. The van der Waals surface area contributed by atoms with Crippen LogP contribution in [0.1, 0.15) is 20.8 Å². The third-order valence-corrected chi connectivity index (χ3v) is 2.19. The molecule has 1 rings (SSSR count). The van der Waals surface area contributed by atoms with Crippen molar-refractivity contribution in [2.75, 3.05) is 5.32 Å². The number of nitrogens with zero attached hydrogens (tertiary/aromatic N) is 2. The number of carbonyl (C=O) groups excluding carboxylic acids is 1. The maximum absolute atomic E-state index is 11.4. The van der Waals surface area contributed by atoms with Crippen molar-refractivity contribution in [2.24, 2.45) is 7.05 Å². The summed E-state index contributed by atoms with van der Waals surface area (Å²) in [7, 11) is 1.79. The number of aryl methyl sites for hydroxylation is 1. The van der Waals surface area contributed by atoms with E-state index in [0.29, 0.717) is 5.82 Å². The van der Waals surface area contributed by atoms with E-state index < -0.39 is 11.7 Å². The Bertz CT molecular complexity index is 368. The molecule has 1 heterocycles. The molecule has 15 heavy (non-hydrogen) atoms. The third kappa shape index (κ3) is 4.06. The Morgan fingerprint density at radius 2 is 2.20 bits per heavy atom. The van der Waals surface area contributed by atoms with Crippen LogP contribution in [0.3, 0.4) is 0 Å². The zero-order chi connectivity index (χ0) is 11.6. The van der Waals surface area contributed by atoms with Gasteiger partial charge in [0.15, 0.2) is 5.82 Å². The molecule has 1 amide bonds. The Morgan fingerprint density at radius 3 is 2.60 bits per heavy atom. The SMILES string of the molecule is Cn1cc(I)c(NC(=O)OC(C)(C)C)n1. The number of nitrogens with one attached hydrogen (secondary N) is 1. The van der Waals surface area contributed by atoms with Crippen molar-refractivity contribution in [3.05, 3.63) is 9.77 Å². The van der Waals surface area contributed by atoms with Crippen molar-refractivity contribution < 1.29 is 9.53 Å². The Kier molecular flexibility index (Phi) is 3.58. The van der Waals surface area contributed by atoms with Gasteiger partial charge in [0.05, 0.1) is 3.57 Å². The molecule has 0 bridgehead atoms. The van der Waals surface area contributed by atoms with Crippen LogP contribution in [0.2, 0.25) is 0 Å². The highest BCUT2D eigenvalue weighted by Crippen LogP contribution is 2.16. The Balaban J connectivity index is 2.63. The number of hydrogen-bond acceptors (Lipinski definition) is 3. The van der Waals surface area contributed by atoms with E-state index >= 15 is 0 Å². The molecule has 0 aliphatic carbocycles. The minimum Gasteiger partial charge on any atom is -0.444 e. The van der Waals surface area contributed by atoms with Crippen LogP contribution in [0.15, 0.2) is 6.20 Å². The number of carbonyl (C=O) groups is 1. The van der Waals surface area contributed by atoms with E-state index in [4.69, 9.17) is 4.74 Å². The van der Waals surface area contributed by atoms with Gasteiger partial charge in [0.25, 0.3) is 0 Å². The minimum absolute atomic E-state index is 0.487. The molecule has 0 saturated carbocycles. The number of halogens is 1. The first-order chi connectivity index (χ1) is 6.78. The van der Waals surface area contributed by atoms with Crippen molar-refractivity contribution >= 4 is 34.5 Å². The molecule has 1 aromatic heterocycles. The zero-order valence-electron chi connectivity index (χ0n) is 9.17. The summed E-state index contributed by atoms with van der Waals surface area (Å²) in [5.74, 6) is 0.521. The summed E-state index contributed by atoms with van der Waals surface area (Å²) in [6.45, 7) is 5.45. The summed E-state index contributed by atoms with van der Waals surface area (Å²) in [6, 6.07) is 0. The quantitative estimate of drug-likeness (QED) is 0.807. The molecule has 0 spiro atoms. The fourth-order valence-electron chi connectivity index (χ4n) is 0.945. The van der Waals surface area contributed by atoms with Crippen LogP contribution in [0.4, 0.5) is 10.6 Å². The maximum Gasteiger partial charge on any atom is 0.413 e. The predicted octanol–water partition coefficient (Wildman–Crippen LogP) is 2.37. The summed E-state index contributed by atoms with van der Waals surface area (Å²) >= 11 is 2.10. The third-order valence-electron chi connectivity index (χ3n) is 1.40. The lowest BCUT2D eigenvalue weighted by atomic mass is 10.2. The number of hydrogen-bond donors (Lipinski definition) is 1. The van der Waals surface area contributed by atoms with Crippen LogP contribution < -0.4 is 5.32 Å². The molecular formula is C9H14IN3O2. The zero-order valence-corrected chi connectivity index (χ0v) is 11.3. The lowest BCUT2D eigenvalue weighted by Crippen LogP contribution is -2.27. The molecule has 0 aromatic carbocycles. The van der Waals surface area contributed by atoms with Crippen LogP contribution >= 0.6 is 22.6 Å². The number of amides is 1. The van der Waals surface area contributed by atoms with Gasteiger partial charge in [0, 0.05) is 13.2 Å². The lowest BCUT2D eigenvalue weighted by Gasteiger charge is -2.19. The molecule has 0 aliphatic rings. The van der Waals surface area contributed by atoms with Gasteiger partial charge in [-0.1, -0.05) is 0 Å². The maximum atomic E-state index is 11.4. The van der Waals surface area contributed by atoms with Crippen LogP contribution in [0, 0.1) is 3.57 Å². The Labute approximate surface area is 102 Å². The second kappa shape index (κ2) is 4.38. The van der Waals surface area contributed by atoms with Gasteiger partial charge >= 0.3 is 6.09 Å². The van der Waals surface area contributed by atoms with Gasteiger partial charge in [-0.3, -0.25) is 10.00 Å². The lowest BCUT2D eigenvalue weighted by molar-refractivity contribution is 0.0635. The molecule has 5 nitrogen and oxygen atoms in total. The minimum atomic E-state index is -0.496. The van der Waals surface area contributed by atoms with E-state index in [2.05, 4.69) is 33.0 Å². The van der Waals surface area contributed by atoms with Crippen LogP contribution in [0.5, 0.6) is 0 Å². The summed E-state index contributed by atoms with van der Waals surface area (Å²) in [6.07, 6.45) is 1.33. The highest BCUT2D eigenvalue weighted by Gasteiger charge is 2.17.